The van der Waals surface area contributed by atoms with E-state index < -0.39 is 6.04 Å². The molecule has 1 aliphatic carbocycles. The third-order valence-corrected chi connectivity index (χ3v) is 6.37. The van der Waals surface area contributed by atoms with Crippen LogP contribution in [0.15, 0.2) is 29.1 Å². The average Bonchev–Trinajstić information content (AvgIpc) is 3.36. The summed E-state index contributed by atoms with van der Waals surface area (Å²) >= 11 is 0. The lowest BCUT2D eigenvalue weighted by molar-refractivity contribution is -0.140. The van der Waals surface area contributed by atoms with Crippen molar-refractivity contribution >= 4 is 11.8 Å². The van der Waals surface area contributed by atoms with Gasteiger partial charge in [0.1, 0.15) is 6.04 Å². The van der Waals surface area contributed by atoms with Gasteiger partial charge in [-0.3, -0.25) is 14.2 Å². The van der Waals surface area contributed by atoms with E-state index in [1.54, 1.807) is 4.90 Å². The highest BCUT2D eigenvalue weighted by Gasteiger charge is 2.42. The second-order valence-corrected chi connectivity index (χ2v) is 8.75. The summed E-state index contributed by atoms with van der Waals surface area (Å²) in [4.78, 5) is 42.8. The van der Waals surface area contributed by atoms with Crippen molar-refractivity contribution in [2.24, 2.45) is 5.92 Å². The first-order valence-electron chi connectivity index (χ1n) is 10.8. The van der Waals surface area contributed by atoms with E-state index in [-0.39, 0.29) is 36.5 Å². The highest BCUT2D eigenvalue weighted by molar-refractivity contribution is 5.84. The monoisotopic (exact) mass is 409 g/mol. The van der Waals surface area contributed by atoms with Crippen LogP contribution in [0.5, 0.6) is 0 Å². The molecule has 1 aromatic heterocycles. The average molecular weight is 409 g/mol. The molecule has 2 aromatic rings. The molecule has 8 heteroatoms. The fourth-order valence-electron chi connectivity index (χ4n) is 4.47. The number of nitrogens with zero attached hydrogens (tertiary/aromatic N) is 5. The predicted octanol–water partition coefficient (Wildman–Crippen LogP) is 1.32. The first kappa shape index (κ1) is 19.1. The van der Waals surface area contributed by atoms with Crippen LogP contribution < -0.4 is 5.69 Å². The van der Waals surface area contributed by atoms with Crippen molar-refractivity contribution in [1.29, 1.82) is 0 Å². The van der Waals surface area contributed by atoms with E-state index in [0.717, 1.165) is 36.8 Å². The summed E-state index contributed by atoms with van der Waals surface area (Å²) in [6, 6.07) is 7.29. The van der Waals surface area contributed by atoms with Gasteiger partial charge in [0.2, 0.25) is 11.8 Å². The molecule has 2 aliphatic heterocycles. The molecule has 8 nitrogen and oxygen atoms in total. The molecule has 3 heterocycles. The van der Waals surface area contributed by atoms with E-state index in [1.807, 2.05) is 36.1 Å². The van der Waals surface area contributed by atoms with Crippen molar-refractivity contribution in [3.63, 3.8) is 0 Å². The molecule has 0 N–H and O–H groups in total. The minimum Gasteiger partial charge on any atom is -0.341 e. The minimum atomic E-state index is -0.686. The van der Waals surface area contributed by atoms with E-state index in [9.17, 15) is 14.4 Å². The largest absolute Gasteiger partial charge is 0.347 e. The number of amides is 2. The zero-order valence-electron chi connectivity index (χ0n) is 17.3. The Balaban J connectivity index is 1.49. The number of fused-ring (bicyclic) bond motifs is 1. The number of aryl methyl sites for hydroxylation is 1. The number of benzene rings is 1. The molecule has 0 spiro atoms. The third kappa shape index (κ3) is 3.44. The molecule has 1 saturated heterocycles. The van der Waals surface area contributed by atoms with Crippen molar-refractivity contribution in [3.8, 4) is 0 Å². The zero-order chi connectivity index (χ0) is 20.8. The van der Waals surface area contributed by atoms with Gasteiger partial charge >= 0.3 is 5.69 Å². The summed E-state index contributed by atoms with van der Waals surface area (Å²) in [7, 11) is 0. The highest BCUT2D eigenvalue weighted by Crippen LogP contribution is 2.33. The fraction of sp³-hybridized carbons (Fsp3) is 0.545. The Morgan fingerprint density at radius 1 is 1.03 bits per heavy atom. The molecule has 0 radical (unpaired) electrons. The summed E-state index contributed by atoms with van der Waals surface area (Å²) in [6.45, 7) is 4.34. The zero-order valence-corrected chi connectivity index (χ0v) is 17.3. The molecule has 1 saturated carbocycles. The molecular formula is C22H27N5O3. The maximum atomic E-state index is 13.3. The van der Waals surface area contributed by atoms with E-state index in [1.165, 1.54) is 9.25 Å². The normalized spacial score (nSPS) is 21.0. The van der Waals surface area contributed by atoms with Gasteiger partial charge < -0.3 is 9.80 Å². The Kier molecular flexibility index (Phi) is 4.72. The van der Waals surface area contributed by atoms with Gasteiger partial charge in [0, 0.05) is 19.0 Å². The van der Waals surface area contributed by atoms with Crippen LogP contribution in [0.25, 0.3) is 0 Å². The van der Waals surface area contributed by atoms with Crippen LogP contribution in [0.2, 0.25) is 0 Å². The smallest absolute Gasteiger partial charge is 0.341 e. The molecule has 3 aliphatic rings. The Morgan fingerprint density at radius 2 is 1.73 bits per heavy atom. The number of rotatable bonds is 4. The first-order valence-corrected chi connectivity index (χ1v) is 10.8. The van der Waals surface area contributed by atoms with Crippen LogP contribution in [0.4, 0.5) is 0 Å². The fourth-order valence-corrected chi connectivity index (χ4v) is 4.47. The van der Waals surface area contributed by atoms with Gasteiger partial charge in [-0.05, 0) is 38.2 Å². The van der Waals surface area contributed by atoms with Gasteiger partial charge in [0.15, 0.2) is 5.82 Å². The Hall–Kier alpha value is -2.90. The highest BCUT2D eigenvalue weighted by atomic mass is 16.2. The summed E-state index contributed by atoms with van der Waals surface area (Å²) in [5.74, 6) is 0.588. The standard InChI is InChI=1S/C22H27N5O3/c1-15-4-6-16(7-5-15)12-26-22(30)27-18(21(29)24-10-2-3-11-24)13-25(14-19(27)23-26)20(28)17-8-9-17/h4-7,17-18H,2-3,8-14H2,1H3. The lowest BCUT2D eigenvalue weighted by Gasteiger charge is -2.34. The number of hydrogen-bond acceptors (Lipinski definition) is 4. The van der Waals surface area contributed by atoms with Crippen molar-refractivity contribution in [1.82, 2.24) is 24.1 Å². The van der Waals surface area contributed by atoms with Crippen molar-refractivity contribution < 1.29 is 9.59 Å². The molecule has 1 atom stereocenters. The lowest BCUT2D eigenvalue weighted by atomic mass is 10.1. The molecule has 158 valence electrons. The van der Waals surface area contributed by atoms with Crippen LogP contribution in [0.1, 0.15) is 48.7 Å². The van der Waals surface area contributed by atoms with Crippen molar-refractivity contribution in [2.75, 3.05) is 19.6 Å². The molecular weight excluding hydrogens is 382 g/mol. The summed E-state index contributed by atoms with van der Waals surface area (Å²) in [5.41, 5.74) is 1.86. The van der Waals surface area contributed by atoms with Gasteiger partial charge in [-0.25, -0.2) is 9.48 Å². The Bertz CT molecular complexity index is 1030. The first-order chi connectivity index (χ1) is 14.5. The second-order valence-electron chi connectivity index (χ2n) is 8.75. The summed E-state index contributed by atoms with van der Waals surface area (Å²) < 4.78 is 2.96. The molecule has 5 rings (SSSR count). The third-order valence-electron chi connectivity index (χ3n) is 6.37. The molecule has 1 unspecified atom stereocenters. The SMILES string of the molecule is Cc1ccc(Cn2nc3n(c2=O)C(C(=O)N2CCCC2)CN(C(=O)C2CC2)C3)cc1. The number of carbonyl (C=O) groups is 2. The molecule has 0 bridgehead atoms. The molecule has 30 heavy (non-hydrogen) atoms. The van der Waals surface area contributed by atoms with E-state index >= 15 is 0 Å². The molecule has 2 amide bonds. The predicted molar refractivity (Wildman–Crippen MR) is 110 cm³/mol. The Labute approximate surface area is 175 Å². The van der Waals surface area contributed by atoms with Gasteiger partial charge in [-0.1, -0.05) is 29.8 Å². The molecule has 1 aromatic carbocycles. The van der Waals surface area contributed by atoms with Gasteiger partial charge in [-0.2, -0.15) is 5.10 Å². The van der Waals surface area contributed by atoms with Gasteiger partial charge in [0.05, 0.1) is 19.6 Å². The maximum absolute atomic E-state index is 13.3. The van der Waals surface area contributed by atoms with E-state index in [2.05, 4.69) is 5.10 Å². The van der Waals surface area contributed by atoms with E-state index in [4.69, 9.17) is 0 Å². The number of carbonyl (C=O) groups excluding carboxylic acids is 2. The molecule has 2 fully saturated rings. The summed E-state index contributed by atoms with van der Waals surface area (Å²) in [6.07, 6.45) is 3.79. The minimum absolute atomic E-state index is 0.0699. The lowest BCUT2D eigenvalue weighted by Crippen LogP contribution is -2.50. The van der Waals surface area contributed by atoms with Gasteiger partial charge in [0.25, 0.3) is 0 Å². The van der Waals surface area contributed by atoms with Crippen LogP contribution in [-0.2, 0) is 22.7 Å². The second kappa shape index (κ2) is 7.41. The topological polar surface area (TPSA) is 80.4 Å². The quantitative estimate of drug-likeness (QED) is 0.763. The van der Waals surface area contributed by atoms with Crippen LogP contribution in [0, 0.1) is 12.8 Å². The maximum Gasteiger partial charge on any atom is 0.347 e. The number of likely N-dealkylation sites (tertiary alicyclic amines) is 1. The van der Waals surface area contributed by atoms with Crippen LogP contribution in [0.3, 0.4) is 0 Å². The number of hydrogen-bond donors (Lipinski definition) is 0. The van der Waals surface area contributed by atoms with Crippen LogP contribution in [-0.4, -0.2) is 55.6 Å². The van der Waals surface area contributed by atoms with E-state index in [0.29, 0.717) is 25.5 Å². The number of aromatic nitrogens is 3. The van der Waals surface area contributed by atoms with Crippen molar-refractivity contribution in [3.05, 3.63) is 51.7 Å². The van der Waals surface area contributed by atoms with Gasteiger partial charge in [-0.15, -0.1) is 0 Å². The van der Waals surface area contributed by atoms with Crippen molar-refractivity contribution in [2.45, 2.75) is 51.7 Å². The summed E-state index contributed by atoms with van der Waals surface area (Å²) in [5, 5.41) is 4.54. The Morgan fingerprint density at radius 3 is 2.40 bits per heavy atom. The van der Waals surface area contributed by atoms with Crippen LogP contribution >= 0.6 is 0 Å².